The number of nitrogens with two attached hydrogens (primary N) is 1. The molecule has 1 saturated heterocycles. The van der Waals surface area contributed by atoms with Crippen LogP contribution in [0.4, 0.5) is 5.82 Å². The van der Waals surface area contributed by atoms with E-state index in [9.17, 15) is 0 Å². The summed E-state index contributed by atoms with van der Waals surface area (Å²) >= 11 is 10.9. The summed E-state index contributed by atoms with van der Waals surface area (Å²) in [7, 11) is 0. The molecule has 9 heteroatoms. The molecule has 134 valence electrons. The molecule has 1 fully saturated rings. The second kappa shape index (κ2) is 8.95. The summed E-state index contributed by atoms with van der Waals surface area (Å²) < 4.78 is 12.2. The number of rotatable bonds is 3. The van der Waals surface area contributed by atoms with Gasteiger partial charge in [0.1, 0.15) is 17.1 Å². The molecule has 6 nitrogen and oxygen atoms in total. The zero-order valence-corrected chi connectivity index (χ0v) is 16.5. The number of hydrogen-bond acceptors (Lipinski definition) is 7. The molecule has 1 aliphatic rings. The molecule has 3 N–H and O–H groups in total. The maximum Gasteiger partial charge on any atom is 0.225 e. The van der Waals surface area contributed by atoms with E-state index >= 15 is 0 Å². The first-order chi connectivity index (χ1) is 12.1. The van der Waals surface area contributed by atoms with Crippen LogP contribution >= 0.6 is 38.9 Å². The summed E-state index contributed by atoms with van der Waals surface area (Å²) in [4.78, 5) is 8.40. The number of hydrogen-bond donors (Lipinski definition) is 2. The van der Waals surface area contributed by atoms with Crippen LogP contribution < -0.4 is 11.1 Å². The predicted molar refractivity (Wildman–Crippen MR) is 104 cm³/mol. The molecule has 3 aromatic rings. The first kappa shape index (κ1) is 18.6. The number of aromatic nitrogens is 2. The number of anilines is 1. The molecule has 3 aromatic heterocycles. The van der Waals surface area contributed by atoms with Crippen molar-refractivity contribution in [2.24, 2.45) is 5.73 Å². The Morgan fingerprint density at radius 3 is 2.96 bits per heavy atom. The van der Waals surface area contributed by atoms with Gasteiger partial charge in [0, 0.05) is 18.0 Å². The van der Waals surface area contributed by atoms with Gasteiger partial charge in [-0.2, -0.15) is 4.98 Å². The van der Waals surface area contributed by atoms with Crippen molar-refractivity contribution < 1.29 is 9.15 Å². The average molecular weight is 446 g/mol. The lowest BCUT2D eigenvalue weighted by Gasteiger charge is -2.16. The van der Waals surface area contributed by atoms with Gasteiger partial charge in [-0.3, -0.25) is 0 Å². The largest absolute Gasteiger partial charge is 0.467 e. The highest BCUT2D eigenvalue weighted by atomic mass is 79.9. The fraction of sp³-hybridized carbons (Fsp3) is 0.375. The highest BCUT2D eigenvalue weighted by molar-refractivity contribution is 9.10. The van der Waals surface area contributed by atoms with Gasteiger partial charge >= 0.3 is 0 Å². The van der Waals surface area contributed by atoms with E-state index in [-0.39, 0.29) is 5.28 Å². The van der Waals surface area contributed by atoms with Gasteiger partial charge in [0.2, 0.25) is 5.28 Å². The van der Waals surface area contributed by atoms with E-state index in [0.717, 1.165) is 52.3 Å². The Morgan fingerprint density at radius 1 is 1.44 bits per heavy atom. The Kier molecular flexibility index (Phi) is 6.66. The van der Waals surface area contributed by atoms with Gasteiger partial charge in [0.15, 0.2) is 0 Å². The number of furan rings is 1. The second-order valence-electron chi connectivity index (χ2n) is 5.51. The molecule has 0 radical (unpaired) electrons. The second-order valence-corrected chi connectivity index (χ2v) is 7.58. The minimum Gasteiger partial charge on any atom is -0.467 e. The van der Waals surface area contributed by atoms with E-state index in [1.54, 1.807) is 17.6 Å². The van der Waals surface area contributed by atoms with E-state index in [2.05, 4.69) is 31.2 Å². The molecule has 0 bridgehead atoms. The topological polar surface area (TPSA) is 86.2 Å². The number of fused-ring (bicyclic) bond motifs is 1. The standard InChI is InChI=1S/C11H7BrClN3OS.C5H11NO/c12-7-5-18-9-8(7)15-11(13)16-10(9)14-4-6-2-1-3-17-6;6-5-2-1-3-7-4-5/h1-3,5H,4H2,(H,14,15,16);5H,1-4,6H2. The SMILES string of the molecule is Clc1nc(NCc2ccco2)c2scc(Br)c2n1.NC1CCCOC1. The first-order valence-electron chi connectivity index (χ1n) is 7.83. The highest BCUT2D eigenvalue weighted by Crippen LogP contribution is 2.34. The molecular formula is C16H18BrClN4O2S. The van der Waals surface area contributed by atoms with Crippen LogP contribution in [0.3, 0.4) is 0 Å². The molecule has 0 aliphatic carbocycles. The van der Waals surface area contributed by atoms with Crippen molar-refractivity contribution in [2.75, 3.05) is 18.5 Å². The molecule has 4 rings (SSSR count). The Morgan fingerprint density at radius 2 is 2.32 bits per heavy atom. The zero-order chi connectivity index (χ0) is 17.6. The summed E-state index contributed by atoms with van der Waals surface area (Å²) in [6.07, 6.45) is 3.92. The third kappa shape index (κ3) is 5.15. The van der Waals surface area contributed by atoms with Gasteiger partial charge in [0.25, 0.3) is 0 Å². The first-order valence-corrected chi connectivity index (χ1v) is 9.88. The molecule has 0 aromatic carbocycles. The quantitative estimate of drug-likeness (QED) is 0.580. The average Bonchev–Trinajstić information content (AvgIpc) is 3.25. The van der Waals surface area contributed by atoms with Crippen molar-refractivity contribution >= 4 is 54.9 Å². The van der Waals surface area contributed by atoms with Crippen molar-refractivity contribution in [3.63, 3.8) is 0 Å². The Balaban J connectivity index is 0.000000219. The summed E-state index contributed by atoms with van der Waals surface area (Å²) in [5, 5.41) is 5.40. The van der Waals surface area contributed by atoms with Gasteiger partial charge in [-0.15, -0.1) is 11.3 Å². The van der Waals surface area contributed by atoms with Gasteiger partial charge in [-0.25, -0.2) is 4.98 Å². The Bertz CT molecular complexity index is 806. The lowest BCUT2D eigenvalue weighted by atomic mass is 10.1. The van der Waals surface area contributed by atoms with Crippen LogP contribution in [0.2, 0.25) is 5.28 Å². The maximum absolute atomic E-state index is 5.91. The van der Waals surface area contributed by atoms with E-state index in [0.29, 0.717) is 12.6 Å². The van der Waals surface area contributed by atoms with Crippen LogP contribution in [-0.4, -0.2) is 29.2 Å². The van der Waals surface area contributed by atoms with E-state index in [1.807, 2.05) is 17.5 Å². The van der Waals surface area contributed by atoms with Gasteiger partial charge < -0.3 is 20.2 Å². The lowest BCUT2D eigenvalue weighted by Crippen LogP contribution is -2.30. The zero-order valence-electron chi connectivity index (χ0n) is 13.4. The molecule has 1 unspecified atom stereocenters. The van der Waals surface area contributed by atoms with Crippen molar-refractivity contribution in [3.05, 3.63) is 39.3 Å². The van der Waals surface area contributed by atoms with Gasteiger partial charge in [0.05, 0.1) is 28.6 Å². The molecule has 4 heterocycles. The molecule has 0 amide bonds. The summed E-state index contributed by atoms with van der Waals surface area (Å²) in [5.41, 5.74) is 6.33. The van der Waals surface area contributed by atoms with Crippen molar-refractivity contribution in [1.29, 1.82) is 0 Å². The Hall–Kier alpha value is -1.19. The number of ether oxygens (including phenoxy) is 1. The molecular weight excluding hydrogens is 428 g/mol. The molecule has 1 aliphatic heterocycles. The number of nitrogens with one attached hydrogen (secondary N) is 1. The number of halogens is 2. The summed E-state index contributed by atoms with van der Waals surface area (Å²) in [5.74, 6) is 1.56. The fourth-order valence-corrected chi connectivity index (χ4v) is 4.03. The van der Waals surface area contributed by atoms with Crippen molar-refractivity contribution in [3.8, 4) is 0 Å². The number of thiophene rings is 1. The molecule has 1 atom stereocenters. The molecule has 0 saturated carbocycles. The van der Waals surface area contributed by atoms with E-state index in [4.69, 9.17) is 26.5 Å². The van der Waals surface area contributed by atoms with Crippen LogP contribution in [-0.2, 0) is 11.3 Å². The summed E-state index contributed by atoms with van der Waals surface area (Å²) in [6.45, 7) is 2.23. The van der Waals surface area contributed by atoms with Gasteiger partial charge in [-0.05, 0) is 52.5 Å². The van der Waals surface area contributed by atoms with Crippen LogP contribution in [0.25, 0.3) is 10.2 Å². The van der Waals surface area contributed by atoms with Crippen LogP contribution in [0.5, 0.6) is 0 Å². The van der Waals surface area contributed by atoms with Crippen molar-refractivity contribution in [2.45, 2.75) is 25.4 Å². The van der Waals surface area contributed by atoms with Gasteiger partial charge in [-0.1, -0.05) is 0 Å². The molecule has 0 spiro atoms. The monoisotopic (exact) mass is 444 g/mol. The minimum absolute atomic E-state index is 0.226. The normalized spacial score (nSPS) is 17.2. The van der Waals surface area contributed by atoms with Crippen LogP contribution in [0, 0.1) is 0 Å². The lowest BCUT2D eigenvalue weighted by molar-refractivity contribution is 0.0822. The predicted octanol–water partition coefficient (Wildman–Crippen LogP) is 4.44. The van der Waals surface area contributed by atoms with E-state index < -0.39 is 0 Å². The third-order valence-corrected chi connectivity index (χ3v) is 5.60. The third-order valence-electron chi connectivity index (χ3n) is 3.55. The summed E-state index contributed by atoms with van der Waals surface area (Å²) in [6, 6.07) is 4.06. The minimum atomic E-state index is 0.226. The molecule has 25 heavy (non-hydrogen) atoms. The van der Waals surface area contributed by atoms with E-state index in [1.165, 1.54) is 0 Å². The maximum atomic E-state index is 5.91. The Labute approximate surface area is 162 Å². The smallest absolute Gasteiger partial charge is 0.225 e. The number of nitrogens with zero attached hydrogens (tertiary/aromatic N) is 2. The van der Waals surface area contributed by atoms with Crippen LogP contribution in [0.1, 0.15) is 18.6 Å². The fourth-order valence-electron chi connectivity index (χ4n) is 2.33. The van der Waals surface area contributed by atoms with Crippen LogP contribution in [0.15, 0.2) is 32.7 Å². The highest BCUT2D eigenvalue weighted by Gasteiger charge is 2.11. The van der Waals surface area contributed by atoms with Crippen molar-refractivity contribution in [1.82, 2.24) is 9.97 Å².